The first-order chi connectivity index (χ1) is 29.3. The van der Waals surface area contributed by atoms with Crippen LogP contribution in [0.15, 0.2) is 109 Å². The summed E-state index contributed by atoms with van der Waals surface area (Å²) in [6.45, 7) is 10.4. The molecule has 0 aliphatic heterocycles. The molecule has 0 atom stereocenters. The number of aryl methyl sites for hydroxylation is 4. The Morgan fingerprint density at radius 3 is 1.42 bits per heavy atom. The van der Waals surface area contributed by atoms with E-state index >= 15 is 0 Å². The highest BCUT2D eigenvalue weighted by Gasteiger charge is 2.24. The van der Waals surface area contributed by atoms with Crippen LogP contribution in [-0.4, -0.2) is 23.1 Å². The van der Waals surface area contributed by atoms with Crippen LogP contribution in [0.3, 0.4) is 0 Å². The molecule has 8 nitrogen and oxygen atoms in total. The Kier molecular flexibility index (Phi) is 12.4. The first-order valence-corrected chi connectivity index (χ1v) is 22.0. The second-order valence-corrected chi connectivity index (χ2v) is 16.6. The van der Waals surface area contributed by atoms with Gasteiger partial charge in [-0.15, -0.1) is 9.13 Å². The molecule has 0 bridgehead atoms. The van der Waals surface area contributed by atoms with E-state index in [1.807, 2.05) is 13.8 Å². The fraction of sp³-hybridized carbons (Fsp3) is 0.308. The van der Waals surface area contributed by atoms with E-state index in [0.29, 0.717) is 0 Å². The number of anilines is 4. The predicted molar refractivity (Wildman–Crippen MR) is 252 cm³/mol. The molecule has 8 heteroatoms. The number of rotatable bonds is 17. The lowest BCUT2D eigenvalue weighted by molar-refractivity contribution is -0.538. The number of aromatic nitrogens is 4. The molecular formula is C52H60N8+2. The van der Waals surface area contributed by atoms with Crippen molar-refractivity contribution < 1.29 is 9.13 Å². The SMILES string of the molecule is Cc1cc2nc3cc(C)c(NCCCCCCCCCCCCNc4ccc5nc6cc(C)c(N)cc6[n+](-c6ccccc6)c5c4C)cc3[n+](-c3ccccc3)c2cc1N. The average Bonchev–Trinajstić information content (AvgIpc) is 3.25. The van der Waals surface area contributed by atoms with Gasteiger partial charge in [-0.1, -0.05) is 87.8 Å². The lowest BCUT2D eigenvalue weighted by Crippen LogP contribution is -2.34. The molecule has 0 spiro atoms. The Morgan fingerprint density at radius 1 is 0.433 bits per heavy atom. The Morgan fingerprint density at radius 2 is 0.867 bits per heavy atom. The molecular weight excluding hydrogens is 737 g/mol. The molecule has 0 aliphatic rings. The van der Waals surface area contributed by atoms with Gasteiger partial charge in [0.05, 0.1) is 0 Å². The van der Waals surface area contributed by atoms with E-state index in [4.69, 9.17) is 21.4 Å². The Hall–Kier alpha value is -6.28. The van der Waals surface area contributed by atoms with Crippen LogP contribution in [0.1, 0.15) is 86.5 Å². The minimum Gasteiger partial charge on any atom is -0.398 e. The standard InChI is InChI=1S/C52H58N8/c1-35-29-46-49(32-41(35)53)59(39-21-15-13-16-22-39)51-34-45(37(3)31-48(51)58-46)56-28-20-12-10-8-6-5-7-9-11-19-27-55-43-25-26-44-52(38(43)4)60(40-23-17-14-18-24-40)50-33-42(54)36(2)30-47(50)57-44/h13-18,21-26,29-34H,5-12,19-20,27-28H2,1-4H3,(H4,53,54,55,56)/p+2. The normalized spacial score (nSPS) is 11.6. The van der Waals surface area contributed by atoms with Crippen molar-refractivity contribution in [3.63, 3.8) is 0 Å². The van der Waals surface area contributed by atoms with Gasteiger partial charge in [-0.3, -0.25) is 0 Å². The topological polar surface area (TPSA) is 110 Å². The maximum absolute atomic E-state index is 6.41. The number of nitrogen functional groups attached to an aromatic ring is 2. The minimum absolute atomic E-state index is 0.780. The average molecular weight is 797 g/mol. The molecule has 2 heterocycles. The lowest BCUT2D eigenvalue weighted by atomic mass is 10.1. The highest BCUT2D eigenvalue weighted by atomic mass is 15.0. The van der Waals surface area contributed by atoms with E-state index in [2.05, 4.69) is 143 Å². The number of nitrogens with two attached hydrogens (primary N) is 2. The van der Waals surface area contributed by atoms with Gasteiger partial charge in [0, 0.05) is 83.9 Å². The number of para-hydroxylation sites is 2. The Labute approximate surface area is 354 Å². The largest absolute Gasteiger partial charge is 0.398 e. The molecule has 0 amide bonds. The van der Waals surface area contributed by atoms with Crippen LogP contribution in [0.4, 0.5) is 22.7 Å². The minimum atomic E-state index is 0.780. The molecule has 0 fully saturated rings. The number of hydrogen-bond donors (Lipinski definition) is 4. The van der Waals surface area contributed by atoms with Gasteiger partial charge < -0.3 is 22.1 Å². The molecule has 2 aromatic heterocycles. The summed E-state index contributed by atoms with van der Waals surface area (Å²) < 4.78 is 4.61. The van der Waals surface area contributed by atoms with Gasteiger partial charge in [0.25, 0.3) is 0 Å². The van der Waals surface area contributed by atoms with E-state index in [9.17, 15) is 0 Å². The fourth-order valence-electron chi connectivity index (χ4n) is 8.64. The van der Waals surface area contributed by atoms with E-state index in [0.717, 1.165) is 91.1 Å². The zero-order valence-corrected chi connectivity index (χ0v) is 35.8. The summed E-state index contributed by atoms with van der Waals surface area (Å²) in [5.74, 6) is 0. The van der Waals surface area contributed by atoms with Crippen LogP contribution in [0.25, 0.3) is 55.5 Å². The third-order valence-electron chi connectivity index (χ3n) is 12.1. The van der Waals surface area contributed by atoms with Gasteiger partial charge in [-0.05, 0) is 87.6 Å². The van der Waals surface area contributed by atoms with Crippen LogP contribution < -0.4 is 31.2 Å². The summed E-state index contributed by atoms with van der Waals surface area (Å²) in [6.07, 6.45) is 12.7. The number of nitrogens with zero attached hydrogens (tertiary/aromatic N) is 4. The van der Waals surface area contributed by atoms with Crippen LogP contribution in [0, 0.1) is 27.7 Å². The second kappa shape index (κ2) is 18.3. The predicted octanol–water partition coefficient (Wildman–Crippen LogP) is 11.5. The number of benzene rings is 6. The van der Waals surface area contributed by atoms with Gasteiger partial charge in [0.15, 0.2) is 0 Å². The first-order valence-electron chi connectivity index (χ1n) is 22.0. The third kappa shape index (κ3) is 8.69. The number of hydrogen-bond acceptors (Lipinski definition) is 6. The van der Waals surface area contributed by atoms with Gasteiger partial charge in [-0.25, -0.2) is 9.97 Å². The van der Waals surface area contributed by atoms with Crippen LogP contribution >= 0.6 is 0 Å². The Balaban J connectivity index is 0.770. The van der Waals surface area contributed by atoms with Crippen LogP contribution in [0.5, 0.6) is 0 Å². The van der Waals surface area contributed by atoms with Gasteiger partial charge in [-0.2, -0.15) is 0 Å². The highest BCUT2D eigenvalue weighted by Crippen LogP contribution is 2.29. The van der Waals surface area contributed by atoms with Crippen molar-refractivity contribution in [1.82, 2.24) is 9.97 Å². The fourth-order valence-corrected chi connectivity index (χ4v) is 8.64. The van der Waals surface area contributed by atoms with Crippen molar-refractivity contribution in [2.75, 3.05) is 35.2 Å². The summed E-state index contributed by atoms with van der Waals surface area (Å²) in [4.78, 5) is 10.1. The van der Waals surface area contributed by atoms with Gasteiger partial charge >= 0.3 is 0 Å². The maximum Gasteiger partial charge on any atom is 0.242 e. The smallest absolute Gasteiger partial charge is 0.242 e. The molecule has 0 unspecified atom stereocenters. The molecule has 0 saturated carbocycles. The van der Waals surface area contributed by atoms with Gasteiger partial charge in [0.1, 0.15) is 22.1 Å². The van der Waals surface area contributed by atoms with Crippen molar-refractivity contribution >= 4 is 66.9 Å². The monoisotopic (exact) mass is 796 g/mol. The van der Waals surface area contributed by atoms with Crippen molar-refractivity contribution in [2.45, 2.75) is 91.9 Å². The third-order valence-corrected chi connectivity index (χ3v) is 12.1. The highest BCUT2D eigenvalue weighted by molar-refractivity contribution is 5.89. The molecule has 60 heavy (non-hydrogen) atoms. The van der Waals surface area contributed by atoms with Gasteiger partial charge in [0.2, 0.25) is 33.4 Å². The first kappa shape index (κ1) is 40.5. The lowest BCUT2D eigenvalue weighted by Gasteiger charge is -2.13. The van der Waals surface area contributed by atoms with E-state index in [1.54, 1.807) is 0 Å². The molecule has 8 rings (SSSR count). The molecule has 6 aromatic carbocycles. The zero-order valence-electron chi connectivity index (χ0n) is 35.8. The summed E-state index contributed by atoms with van der Waals surface area (Å²) >= 11 is 0. The molecule has 0 radical (unpaired) electrons. The maximum atomic E-state index is 6.41. The van der Waals surface area contributed by atoms with E-state index in [1.165, 1.54) is 86.7 Å². The van der Waals surface area contributed by atoms with Crippen LogP contribution in [-0.2, 0) is 0 Å². The van der Waals surface area contributed by atoms with Crippen molar-refractivity contribution in [1.29, 1.82) is 0 Å². The summed E-state index contributed by atoms with van der Waals surface area (Å²) in [7, 11) is 0. The number of fused-ring (bicyclic) bond motifs is 4. The Bertz CT molecular complexity index is 2750. The molecule has 8 aromatic rings. The summed E-state index contributed by atoms with van der Waals surface area (Å²) in [5.41, 5.74) is 31.5. The van der Waals surface area contributed by atoms with Crippen molar-refractivity contribution in [3.8, 4) is 11.4 Å². The number of nitrogens with one attached hydrogen (secondary N) is 2. The molecule has 0 aliphatic carbocycles. The molecule has 306 valence electrons. The zero-order chi connectivity index (χ0) is 41.6. The summed E-state index contributed by atoms with van der Waals surface area (Å²) in [6, 6.07) is 38.2. The molecule has 6 N–H and O–H groups in total. The van der Waals surface area contributed by atoms with Crippen molar-refractivity contribution in [3.05, 3.63) is 131 Å². The van der Waals surface area contributed by atoms with Crippen LogP contribution in [0.2, 0.25) is 0 Å². The second-order valence-electron chi connectivity index (χ2n) is 16.6. The molecule has 0 saturated heterocycles. The quantitative estimate of drug-likeness (QED) is 0.0316. The number of unbranched alkanes of at least 4 members (excludes halogenated alkanes) is 9. The van der Waals surface area contributed by atoms with Crippen molar-refractivity contribution in [2.24, 2.45) is 0 Å². The van der Waals surface area contributed by atoms with E-state index < -0.39 is 0 Å². The van der Waals surface area contributed by atoms with E-state index in [-0.39, 0.29) is 0 Å². The summed E-state index contributed by atoms with van der Waals surface area (Å²) in [5, 5.41) is 7.50.